The SMILES string of the molecule is Cc1cccc2sc(N(CCN3CCOCC3)C(=O)CSc3ccccc3)nc12.Cl. The Kier molecular flexibility index (Phi) is 8.53. The fourth-order valence-corrected chi connectivity index (χ4v) is 5.21. The van der Waals surface area contributed by atoms with Crippen LogP contribution in [0.25, 0.3) is 10.2 Å². The Morgan fingerprint density at radius 3 is 2.67 bits per heavy atom. The first-order valence-electron chi connectivity index (χ1n) is 9.85. The maximum Gasteiger partial charge on any atom is 0.239 e. The number of carbonyl (C=O) groups excluding carboxylic acids is 1. The van der Waals surface area contributed by atoms with Crippen molar-refractivity contribution in [1.82, 2.24) is 9.88 Å². The number of hydrogen-bond donors (Lipinski definition) is 0. The predicted octanol–water partition coefficient (Wildman–Crippen LogP) is 4.48. The van der Waals surface area contributed by atoms with Crippen molar-refractivity contribution in [2.45, 2.75) is 11.8 Å². The molecule has 3 aromatic rings. The number of thioether (sulfide) groups is 1. The molecule has 0 saturated carbocycles. The molecule has 0 spiro atoms. The second kappa shape index (κ2) is 11.1. The molecular weight excluding hydrogens is 438 g/mol. The van der Waals surface area contributed by atoms with Crippen molar-refractivity contribution in [3.63, 3.8) is 0 Å². The second-order valence-electron chi connectivity index (χ2n) is 7.02. The van der Waals surface area contributed by atoms with Crippen molar-refractivity contribution in [2.75, 3.05) is 50.0 Å². The Morgan fingerprint density at radius 2 is 1.93 bits per heavy atom. The lowest BCUT2D eigenvalue weighted by atomic mass is 10.2. The van der Waals surface area contributed by atoms with Crippen molar-refractivity contribution in [3.8, 4) is 0 Å². The van der Waals surface area contributed by atoms with Gasteiger partial charge in [-0.2, -0.15) is 0 Å². The molecule has 0 bridgehead atoms. The van der Waals surface area contributed by atoms with Gasteiger partial charge in [-0.1, -0.05) is 41.7 Å². The number of aryl methyl sites for hydroxylation is 1. The number of nitrogens with zero attached hydrogens (tertiary/aromatic N) is 3. The zero-order valence-corrected chi connectivity index (χ0v) is 19.4. The number of morpholine rings is 1. The average molecular weight is 464 g/mol. The highest BCUT2D eigenvalue weighted by Crippen LogP contribution is 2.31. The van der Waals surface area contributed by atoms with Gasteiger partial charge in [-0.3, -0.25) is 14.6 Å². The molecule has 0 aliphatic carbocycles. The highest BCUT2D eigenvalue weighted by Gasteiger charge is 2.22. The van der Waals surface area contributed by atoms with E-state index in [1.54, 1.807) is 23.1 Å². The molecule has 160 valence electrons. The summed E-state index contributed by atoms with van der Waals surface area (Å²) in [6.45, 7) is 6.90. The van der Waals surface area contributed by atoms with E-state index in [0.29, 0.717) is 12.3 Å². The predicted molar refractivity (Wildman–Crippen MR) is 128 cm³/mol. The Morgan fingerprint density at radius 1 is 1.17 bits per heavy atom. The van der Waals surface area contributed by atoms with E-state index in [-0.39, 0.29) is 18.3 Å². The summed E-state index contributed by atoms with van der Waals surface area (Å²) in [5.74, 6) is 0.506. The third-order valence-electron chi connectivity index (χ3n) is 4.99. The molecule has 5 nitrogen and oxygen atoms in total. The van der Waals surface area contributed by atoms with Crippen LogP contribution in [0, 0.1) is 6.92 Å². The Balaban J connectivity index is 0.00000256. The number of benzene rings is 2. The van der Waals surface area contributed by atoms with Crippen molar-refractivity contribution in [1.29, 1.82) is 0 Å². The number of para-hydroxylation sites is 1. The fraction of sp³-hybridized carbons (Fsp3) is 0.364. The molecule has 0 N–H and O–H groups in total. The molecule has 2 aromatic carbocycles. The van der Waals surface area contributed by atoms with Gasteiger partial charge in [0, 0.05) is 31.1 Å². The first-order valence-corrected chi connectivity index (χ1v) is 11.7. The third-order valence-corrected chi connectivity index (χ3v) is 7.03. The van der Waals surface area contributed by atoms with E-state index in [4.69, 9.17) is 9.72 Å². The minimum Gasteiger partial charge on any atom is -0.379 e. The van der Waals surface area contributed by atoms with Gasteiger partial charge < -0.3 is 4.74 Å². The van der Waals surface area contributed by atoms with Crippen molar-refractivity contribution >= 4 is 56.8 Å². The van der Waals surface area contributed by atoms with Crippen LogP contribution in [0.4, 0.5) is 5.13 Å². The first kappa shape index (κ1) is 23.0. The number of thiazole rings is 1. The van der Waals surface area contributed by atoms with Crippen LogP contribution in [-0.4, -0.2) is 60.9 Å². The van der Waals surface area contributed by atoms with Crippen LogP contribution in [-0.2, 0) is 9.53 Å². The van der Waals surface area contributed by atoms with Crippen molar-refractivity contribution in [3.05, 3.63) is 54.1 Å². The minimum absolute atomic E-state index is 0. The van der Waals surface area contributed by atoms with E-state index in [9.17, 15) is 4.79 Å². The number of anilines is 1. The number of carbonyl (C=O) groups is 1. The summed E-state index contributed by atoms with van der Waals surface area (Å²) < 4.78 is 6.57. The maximum absolute atomic E-state index is 13.2. The summed E-state index contributed by atoms with van der Waals surface area (Å²) >= 11 is 3.17. The van der Waals surface area contributed by atoms with Gasteiger partial charge in [-0.15, -0.1) is 24.2 Å². The van der Waals surface area contributed by atoms with Gasteiger partial charge in [0.25, 0.3) is 0 Å². The molecule has 1 aliphatic rings. The highest BCUT2D eigenvalue weighted by atomic mass is 35.5. The van der Waals surface area contributed by atoms with Crippen LogP contribution in [0.15, 0.2) is 53.4 Å². The summed E-state index contributed by atoms with van der Waals surface area (Å²) in [6.07, 6.45) is 0. The molecule has 1 fully saturated rings. The summed E-state index contributed by atoms with van der Waals surface area (Å²) in [7, 11) is 0. The van der Waals surface area contributed by atoms with E-state index in [1.165, 1.54) is 0 Å². The normalized spacial score (nSPS) is 14.4. The number of ether oxygens (including phenoxy) is 1. The Bertz CT molecular complexity index is 961. The van der Waals surface area contributed by atoms with Crippen LogP contribution >= 0.6 is 35.5 Å². The molecule has 0 radical (unpaired) electrons. The quantitative estimate of drug-likeness (QED) is 0.483. The standard InChI is InChI=1S/C22H25N3O2S2.ClH/c1-17-6-5-9-19-21(17)23-22(29-19)25(11-10-24-12-14-27-15-13-24)20(26)16-28-18-7-3-2-4-8-18;/h2-9H,10-16H2,1H3;1H. The number of rotatable bonds is 7. The summed E-state index contributed by atoms with van der Waals surface area (Å²) in [5, 5.41) is 0.793. The smallest absolute Gasteiger partial charge is 0.239 e. The number of halogens is 1. The summed E-state index contributed by atoms with van der Waals surface area (Å²) in [5.41, 5.74) is 2.14. The van der Waals surface area contributed by atoms with Gasteiger partial charge >= 0.3 is 0 Å². The van der Waals surface area contributed by atoms with E-state index in [0.717, 1.165) is 58.7 Å². The highest BCUT2D eigenvalue weighted by molar-refractivity contribution is 8.00. The zero-order valence-electron chi connectivity index (χ0n) is 17.0. The number of fused-ring (bicyclic) bond motifs is 1. The Labute approximate surface area is 191 Å². The van der Waals surface area contributed by atoms with Crippen LogP contribution in [0.1, 0.15) is 5.56 Å². The van der Waals surface area contributed by atoms with Crippen molar-refractivity contribution in [2.24, 2.45) is 0 Å². The van der Waals surface area contributed by atoms with Crippen LogP contribution in [0.2, 0.25) is 0 Å². The largest absolute Gasteiger partial charge is 0.379 e. The van der Waals surface area contributed by atoms with Gasteiger partial charge in [0.15, 0.2) is 5.13 Å². The number of hydrogen-bond acceptors (Lipinski definition) is 6. The molecule has 8 heteroatoms. The molecular formula is C22H26ClN3O2S2. The van der Waals surface area contributed by atoms with Gasteiger partial charge in [-0.05, 0) is 30.7 Å². The van der Waals surface area contributed by atoms with E-state index >= 15 is 0 Å². The molecule has 1 amide bonds. The van der Waals surface area contributed by atoms with Crippen LogP contribution in [0.5, 0.6) is 0 Å². The van der Waals surface area contributed by atoms with E-state index in [1.807, 2.05) is 41.3 Å². The molecule has 4 rings (SSSR count). The lowest BCUT2D eigenvalue weighted by Crippen LogP contribution is -2.43. The number of amides is 1. The second-order valence-corrected chi connectivity index (χ2v) is 9.08. The number of aromatic nitrogens is 1. The van der Waals surface area contributed by atoms with Crippen LogP contribution in [0.3, 0.4) is 0 Å². The first-order chi connectivity index (χ1) is 14.2. The van der Waals surface area contributed by atoms with Crippen LogP contribution < -0.4 is 4.90 Å². The summed E-state index contributed by atoms with van der Waals surface area (Å²) in [4.78, 5) is 23.3. The molecule has 1 aromatic heterocycles. The monoisotopic (exact) mass is 463 g/mol. The van der Waals surface area contributed by atoms with Gasteiger partial charge in [0.1, 0.15) is 0 Å². The minimum atomic E-state index is 0. The third kappa shape index (κ3) is 5.74. The molecule has 0 unspecified atom stereocenters. The summed E-state index contributed by atoms with van der Waals surface area (Å²) in [6, 6.07) is 16.3. The molecule has 1 saturated heterocycles. The molecule has 0 atom stereocenters. The zero-order chi connectivity index (χ0) is 20.1. The topological polar surface area (TPSA) is 45.7 Å². The van der Waals surface area contributed by atoms with Gasteiger partial charge in [0.05, 0.1) is 29.2 Å². The van der Waals surface area contributed by atoms with Gasteiger partial charge in [0.2, 0.25) is 5.91 Å². The Hall–Kier alpha value is -1.64. The van der Waals surface area contributed by atoms with E-state index < -0.39 is 0 Å². The molecule has 1 aliphatic heterocycles. The lowest BCUT2D eigenvalue weighted by molar-refractivity contribution is -0.116. The lowest BCUT2D eigenvalue weighted by Gasteiger charge is -2.29. The van der Waals surface area contributed by atoms with E-state index in [2.05, 4.69) is 24.0 Å². The maximum atomic E-state index is 13.2. The fourth-order valence-electron chi connectivity index (χ4n) is 3.32. The molecule has 30 heavy (non-hydrogen) atoms. The molecule has 2 heterocycles. The van der Waals surface area contributed by atoms with Crippen molar-refractivity contribution < 1.29 is 9.53 Å². The average Bonchev–Trinajstić information content (AvgIpc) is 3.19. The van der Waals surface area contributed by atoms with Gasteiger partial charge in [-0.25, -0.2) is 4.98 Å².